The summed E-state index contributed by atoms with van der Waals surface area (Å²) >= 11 is 1.42. The van der Waals surface area contributed by atoms with Gasteiger partial charge in [-0.1, -0.05) is 11.8 Å². The third-order valence-electron chi connectivity index (χ3n) is 2.48. The van der Waals surface area contributed by atoms with Crippen LogP contribution in [0, 0.1) is 0 Å². The highest BCUT2D eigenvalue weighted by atomic mass is 32.2. The van der Waals surface area contributed by atoms with Crippen molar-refractivity contribution in [1.82, 2.24) is 9.62 Å². The lowest BCUT2D eigenvalue weighted by Gasteiger charge is -2.08. The van der Waals surface area contributed by atoms with E-state index in [4.69, 9.17) is 0 Å². The molecule has 0 saturated carbocycles. The Hall–Kier alpha value is -1.67. The van der Waals surface area contributed by atoms with Crippen molar-refractivity contribution in [2.75, 3.05) is 18.2 Å². The first-order valence-electron chi connectivity index (χ1n) is 5.82. The van der Waals surface area contributed by atoms with Crippen LogP contribution >= 0.6 is 11.8 Å². The maximum atomic E-state index is 12.2. The molecule has 0 radical (unpaired) electrons. The normalized spacial score (nSPS) is 14.9. The lowest BCUT2D eigenvalue weighted by atomic mass is 10.3. The predicted molar refractivity (Wildman–Crippen MR) is 79.4 cm³/mol. The van der Waals surface area contributed by atoms with Crippen LogP contribution in [-0.2, 0) is 14.8 Å². The zero-order chi connectivity index (χ0) is 14.8. The van der Waals surface area contributed by atoms with Crippen LogP contribution in [0.15, 0.2) is 40.4 Å². The van der Waals surface area contributed by atoms with E-state index in [9.17, 15) is 13.2 Å². The zero-order valence-electron chi connectivity index (χ0n) is 11.1. The van der Waals surface area contributed by atoms with Crippen molar-refractivity contribution in [3.63, 3.8) is 0 Å². The van der Waals surface area contributed by atoms with Crippen LogP contribution in [0.25, 0.3) is 0 Å². The van der Waals surface area contributed by atoms with Crippen LogP contribution in [0.1, 0.15) is 6.92 Å². The summed E-state index contributed by atoms with van der Waals surface area (Å²) < 4.78 is 26.8. The first-order valence-corrected chi connectivity index (χ1v) is 8.29. The minimum absolute atomic E-state index is 0.155. The number of carbonyl (C=O) groups excluding carboxylic acids is 1. The van der Waals surface area contributed by atoms with E-state index in [2.05, 4.69) is 10.0 Å². The first-order chi connectivity index (χ1) is 9.37. The van der Waals surface area contributed by atoms with Gasteiger partial charge in [0.05, 0.1) is 10.8 Å². The van der Waals surface area contributed by atoms with Gasteiger partial charge in [0, 0.05) is 25.9 Å². The van der Waals surface area contributed by atoms with Gasteiger partial charge in [0.1, 0.15) is 5.03 Å². The third kappa shape index (κ3) is 3.67. The van der Waals surface area contributed by atoms with E-state index in [1.165, 1.54) is 30.8 Å². The van der Waals surface area contributed by atoms with Crippen LogP contribution in [-0.4, -0.2) is 32.1 Å². The first kappa shape index (κ1) is 14.7. The Morgan fingerprint density at radius 2 is 1.95 bits per heavy atom. The molecule has 0 aromatic heterocycles. The van der Waals surface area contributed by atoms with Crippen molar-refractivity contribution in [3.8, 4) is 0 Å². The molecular formula is C12H15N3O3S2. The molecule has 20 heavy (non-hydrogen) atoms. The van der Waals surface area contributed by atoms with E-state index in [-0.39, 0.29) is 10.8 Å². The summed E-state index contributed by atoms with van der Waals surface area (Å²) in [5, 5.41) is 3.18. The molecule has 2 rings (SSSR count). The number of nitrogens with zero attached hydrogens (tertiary/aromatic N) is 1. The van der Waals surface area contributed by atoms with E-state index in [1.54, 1.807) is 18.3 Å². The van der Waals surface area contributed by atoms with Crippen LogP contribution in [0.2, 0.25) is 0 Å². The average molecular weight is 313 g/mol. The lowest BCUT2D eigenvalue weighted by Crippen LogP contribution is -2.21. The monoisotopic (exact) mass is 313 g/mol. The second-order valence-electron chi connectivity index (χ2n) is 4.33. The van der Waals surface area contributed by atoms with Gasteiger partial charge in [-0.2, -0.15) is 0 Å². The number of thioether (sulfide) groups is 1. The number of anilines is 1. The van der Waals surface area contributed by atoms with Crippen LogP contribution in [0.3, 0.4) is 0 Å². The summed E-state index contributed by atoms with van der Waals surface area (Å²) in [4.78, 5) is 12.9. The molecule has 1 aromatic carbocycles. The Morgan fingerprint density at radius 1 is 1.30 bits per heavy atom. The fraction of sp³-hybridized carbons (Fsp3) is 0.250. The molecule has 1 heterocycles. The van der Waals surface area contributed by atoms with Crippen LogP contribution in [0.5, 0.6) is 0 Å². The standard InChI is InChI=1S/C12H15N3O3S2/c1-9(16)13-10-3-5-11(6-4-10)20(17,18)14-12-7-15(2)8-19-12/h3-7,14H,8H2,1-2H3,(H,13,16). The Bertz CT molecular complexity index is 638. The summed E-state index contributed by atoms with van der Waals surface area (Å²) in [5.41, 5.74) is 0.561. The average Bonchev–Trinajstić information content (AvgIpc) is 2.74. The molecule has 0 saturated heterocycles. The van der Waals surface area contributed by atoms with Gasteiger partial charge in [-0.05, 0) is 24.3 Å². The molecule has 0 bridgehead atoms. The molecule has 2 N–H and O–H groups in total. The maximum absolute atomic E-state index is 12.2. The molecule has 1 aliphatic heterocycles. The molecule has 0 spiro atoms. The van der Waals surface area contributed by atoms with Gasteiger partial charge in [-0.25, -0.2) is 8.42 Å². The van der Waals surface area contributed by atoms with Crippen molar-refractivity contribution in [2.24, 2.45) is 0 Å². The Morgan fingerprint density at radius 3 is 2.45 bits per heavy atom. The highest BCUT2D eigenvalue weighted by Gasteiger charge is 2.18. The Kier molecular flexibility index (Phi) is 4.24. The van der Waals surface area contributed by atoms with Crippen molar-refractivity contribution >= 4 is 33.4 Å². The molecule has 8 heteroatoms. The molecule has 6 nitrogen and oxygen atoms in total. The highest BCUT2D eigenvalue weighted by Crippen LogP contribution is 2.24. The van der Waals surface area contributed by atoms with Crippen molar-refractivity contribution in [2.45, 2.75) is 11.8 Å². The fourth-order valence-corrected chi connectivity index (χ4v) is 3.78. The number of sulfonamides is 1. The molecule has 1 amide bonds. The Balaban J connectivity index is 2.13. The minimum Gasteiger partial charge on any atom is -0.369 e. The van der Waals surface area contributed by atoms with Gasteiger partial charge in [-0.3, -0.25) is 9.52 Å². The van der Waals surface area contributed by atoms with E-state index in [0.717, 1.165) is 5.88 Å². The highest BCUT2D eigenvalue weighted by molar-refractivity contribution is 8.04. The van der Waals surface area contributed by atoms with Gasteiger partial charge >= 0.3 is 0 Å². The molecular weight excluding hydrogens is 298 g/mol. The summed E-state index contributed by atoms with van der Waals surface area (Å²) in [7, 11) is -1.72. The minimum atomic E-state index is -3.59. The number of nitrogens with one attached hydrogen (secondary N) is 2. The van der Waals surface area contributed by atoms with Crippen LogP contribution in [0.4, 0.5) is 5.69 Å². The number of hydrogen-bond acceptors (Lipinski definition) is 5. The van der Waals surface area contributed by atoms with Gasteiger partial charge in [0.15, 0.2) is 0 Å². The predicted octanol–water partition coefficient (Wildman–Crippen LogP) is 1.36. The quantitative estimate of drug-likeness (QED) is 0.877. The van der Waals surface area contributed by atoms with Gasteiger partial charge < -0.3 is 10.2 Å². The summed E-state index contributed by atoms with van der Waals surface area (Å²) in [6, 6.07) is 6.02. The topological polar surface area (TPSA) is 78.5 Å². The second kappa shape index (κ2) is 5.76. The summed E-state index contributed by atoms with van der Waals surface area (Å²) in [5.74, 6) is 0.522. The molecule has 1 aromatic rings. The zero-order valence-corrected chi connectivity index (χ0v) is 12.7. The Labute approximate surface area is 122 Å². The number of amides is 1. The number of rotatable bonds is 4. The van der Waals surface area contributed by atoms with E-state index in [0.29, 0.717) is 10.7 Å². The van der Waals surface area contributed by atoms with Crippen LogP contribution < -0.4 is 10.0 Å². The largest absolute Gasteiger partial charge is 0.369 e. The molecule has 0 aliphatic carbocycles. The van der Waals surface area contributed by atoms with E-state index >= 15 is 0 Å². The molecule has 0 unspecified atom stereocenters. The molecule has 0 atom stereocenters. The van der Waals surface area contributed by atoms with Crippen molar-refractivity contribution in [3.05, 3.63) is 35.5 Å². The lowest BCUT2D eigenvalue weighted by molar-refractivity contribution is -0.114. The number of carbonyl (C=O) groups is 1. The second-order valence-corrected chi connectivity index (χ2v) is 7.00. The fourth-order valence-electron chi connectivity index (χ4n) is 1.61. The third-order valence-corrected chi connectivity index (χ3v) is 5.05. The summed E-state index contributed by atoms with van der Waals surface area (Å²) in [6.45, 7) is 1.40. The SMILES string of the molecule is CC(=O)Nc1ccc(S(=O)(=O)NC2=CN(C)CS2)cc1. The van der Waals surface area contributed by atoms with E-state index in [1.807, 2.05) is 11.9 Å². The number of hydrogen-bond donors (Lipinski definition) is 2. The number of benzene rings is 1. The van der Waals surface area contributed by atoms with E-state index < -0.39 is 10.0 Å². The molecule has 0 fully saturated rings. The molecule has 108 valence electrons. The van der Waals surface area contributed by atoms with Crippen molar-refractivity contribution < 1.29 is 13.2 Å². The van der Waals surface area contributed by atoms with Gasteiger partial charge in [-0.15, -0.1) is 0 Å². The summed E-state index contributed by atoms with van der Waals surface area (Å²) in [6.07, 6.45) is 1.74. The van der Waals surface area contributed by atoms with Crippen molar-refractivity contribution in [1.29, 1.82) is 0 Å². The maximum Gasteiger partial charge on any atom is 0.262 e. The molecule has 1 aliphatic rings. The van der Waals surface area contributed by atoms with Gasteiger partial charge in [0.2, 0.25) is 5.91 Å². The smallest absolute Gasteiger partial charge is 0.262 e. The van der Waals surface area contributed by atoms with Gasteiger partial charge in [0.25, 0.3) is 10.0 Å².